The first-order valence-electron chi connectivity index (χ1n) is 15.0. The first-order chi connectivity index (χ1) is 17.1. The molecule has 0 unspecified atom stereocenters. The molecule has 4 fully saturated rings. The van der Waals surface area contributed by atoms with Gasteiger partial charge in [-0.25, -0.2) is 0 Å². The molecule has 0 radical (unpaired) electrons. The van der Waals surface area contributed by atoms with E-state index in [1.807, 2.05) is 0 Å². The zero-order chi connectivity index (χ0) is 24.5. The van der Waals surface area contributed by atoms with Crippen molar-refractivity contribution in [1.82, 2.24) is 0 Å². The van der Waals surface area contributed by atoms with Crippen LogP contribution in [0.5, 0.6) is 0 Å². The second kappa shape index (κ2) is 14.4. The Kier molecular flexibility index (Phi) is 11.3. The molecule has 0 spiro atoms. The van der Waals surface area contributed by atoms with Crippen molar-refractivity contribution in [3.05, 3.63) is 12.2 Å². The van der Waals surface area contributed by atoms with E-state index < -0.39 is 6.08 Å². The summed E-state index contributed by atoms with van der Waals surface area (Å²) in [6.45, 7) is 4.89. The maximum absolute atomic E-state index is 12.3. The monoisotopic (exact) mass is 496 g/mol. The van der Waals surface area contributed by atoms with Gasteiger partial charge in [0.15, 0.2) is 6.29 Å². The molecule has 3 nitrogen and oxygen atoms in total. The van der Waals surface area contributed by atoms with E-state index in [0.29, 0.717) is 30.3 Å². The van der Waals surface area contributed by atoms with Gasteiger partial charge in [-0.1, -0.05) is 26.2 Å². The van der Waals surface area contributed by atoms with Crippen LogP contribution in [0.4, 0.5) is 8.78 Å². The lowest BCUT2D eigenvalue weighted by Gasteiger charge is -2.42. The third kappa shape index (κ3) is 8.50. The Bertz CT molecular complexity index is 605. The van der Waals surface area contributed by atoms with Crippen molar-refractivity contribution in [3.8, 4) is 0 Å². The topological polar surface area (TPSA) is 27.7 Å². The number of rotatable bonds is 10. The minimum Gasteiger partial charge on any atom is -0.378 e. The molecule has 0 bridgehead atoms. The van der Waals surface area contributed by atoms with Crippen LogP contribution in [0.25, 0.3) is 0 Å². The molecule has 35 heavy (non-hydrogen) atoms. The van der Waals surface area contributed by atoms with E-state index in [1.165, 1.54) is 77.0 Å². The van der Waals surface area contributed by atoms with Crippen LogP contribution in [-0.2, 0) is 14.2 Å². The van der Waals surface area contributed by atoms with Crippen LogP contribution in [0.15, 0.2) is 12.2 Å². The molecule has 3 aliphatic carbocycles. The third-order valence-electron chi connectivity index (χ3n) is 9.82. The lowest BCUT2D eigenvalue weighted by molar-refractivity contribution is -0.238. The molecule has 3 saturated carbocycles. The van der Waals surface area contributed by atoms with Gasteiger partial charge >= 0.3 is 0 Å². The molecule has 0 aromatic carbocycles. The maximum atomic E-state index is 12.3. The molecule has 0 aromatic heterocycles. The first kappa shape index (κ1) is 27.5. The molecule has 1 heterocycles. The summed E-state index contributed by atoms with van der Waals surface area (Å²) < 4.78 is 43.2. The summed E-state index contributed by atoms with van der Waals surface area (Å²) in [7, 11) is 0. The molecule has 1 saturated heterocycles. The van der Waals surface area contributed by atoms with Gasteiger partial charge in [0.2, 0.25) is 0 Å². The summed E-state index contributed by atoms with van der Waals surface area (Å²) >= 11 is 0. The van der Waals surface area contributed by atoms with Crippen molar-refractivity contribution in [2.75, 3.05) is 19.8 Å². The molecule has 0 aromatic rings. The number of ether oxygens (including phenoxy) is 3. The quantitative estimate of drug-likeness (QED) is 0.284. The van der Waals surface area contributed by atoms with Crippen LogP contribution in [0.2, 0.25) is 0 Å². The van der Waals surface area contributed by atoms with Crippen LogP contribution in [0.1, 0.15) is 110 Å². The van der Waals surface area contributed by atoms with Crippen molar-refractivity contribution in [2.45, 2.75) is 122 Å². The van der Waals surface area contributed by atoms with E-state index >= 15 is 0 Å². The zero-order valence-corrected chi connectivity index (χ0v) is 22.1. The minimum absolute atomic E-state index is 0.00579. The summed E-state index contributed by atoms with van der Waals surface area (Å²) in [6.07, 6.45) is 19.0. The second-order valence-electron chi connectivity index (χ2n) is 12.1. The Morgan fingerprint density at radius 3 is 1.86 bits per heavy atom. The van der Waals surface area contributed by atoms with Crippen molar-refractivity contribution in [1.29, 1.82) is 0 Å². The predicted molar refractivity (Wildman–Crippen MR) is 136 cm³/mol. The highest BCUT2D eigenvalue weighted by Crippen LogP contribution is 2.44. The van der Waals surface area contributed by atoms with Crippen LogP contribution in [0.3, 0.4) is 0 Å². The normalized spacial score (nSPS) is 38.7. The first-order valence-corrected chi connectivity index (χ1v) is 15.0. The van der Waals surface area contributed by atoms with Crippen LogP contribution in [0, 0.1) is 35.5 Å². The lowest BCUT2D eigenvalue weighted by Crippen LogP contribution is -2.42. The van der Waals surface area contributed by atoms with Gasteiger partial charge in [-0.05, 0) is 113 Å². The Hall–Kier alpha value is -0.520. The van der Waals surface area contributed by atoms with E-state index in [4.69, 9.17) is 14.2 Å². The predicted octanol–water partition coefficient (Wildman–Crippen LogP) is 8.52. The molecule has 5 heteroatoms. The largest absolute Gasteiger partial charge is 0.378 e. The van der Waals surface area contributed by atoms with Crippen molar-refractivity contribution in [2.24, 2.45) is 35.5 Å². The van der Waals surface area contributed by atoms with Gasteiger partial charge in [0.25, 0.3) is 6.08 Å². The lowest BCUT2D eigenvalue weighted by atomic mass is 9.67. The minimum atomic E-state index is -1.52. The van der Waals surface area contributed by atoms with Crippen LogP contribution < -0.4 is 0 Å². The van der Waals surface area contributed by atoms with Gasteiger partial charge in [0.05, 0.1) is 19.3 Å². The summed E-state index contributed by atoms with van der Waals surface area (Å²) in [5.74, 6) is 4.27. The van der Waals surface area contributed by atoms with Gasteiger partial charge in [-0.15, -0.1) is 0 Å². The third-order valence-corrected chi connectivity index (χ3v) is 9.82. The zero-order valence-electron chi connectivity index (χ0n) is 22.1. The molecule has 1 aliphatic heterocycles. The summed E-state index contributed by atoms with van der Waals surface area (Å²) in [5, 5.41) is 0. The highest BCUT2D eigenvalue weighted by atomic mass is 19.3. The molecule has 4 rings (SSSR count). The highest BCUT2D eigenvalue weighted by molar-refractivity contribution is 4.87. The Balaban J connectivity index is 1.09. The van der Waals surface area contributed by atoms with E-state index in [-0.39, 0.29) is 6.29 Å². The Morgan fingerprint density at radius 1 is 0.743 bits per heavy atom. The number of halogens is 2. The SMILES string of the molecule is CCCCOC1CCC(C2OCC(C3CCC(C4CCC(CCC=C(F)F)CC4)CC3)CO2)CC1. The van der Waals surface area contributed by atoms with Crippen LogP contribution in [-0.4, -0.2) is 32.2 Å². The van der Waals surface area contributed by atoms with Gasteiger partial charge in [0, 0.05) is 18.4 Å². The Morgan fingerprint density at radius 2 is 1.29 bits per heavy atom. The van der Waals surface area contributed by atoms with Gasteiger partial charge in [0.1, 0.15) is 0 Å². The van der Waals surface area contributed by atoms with E-state index in [9.17, 15) is 8.78 Å². The van der Waals surface area contributed by atoms with Crippen molar-refractivity contribution >= 4 is 0 Å². The van der Waals surface area contributed by atoms with Crippen molar-refractivity contribution < 1.29 is 23.0 Å². The van der Waals surface area contributed by atoms with E-state index in [0.717, 1.165) is 62.9 Å². The van der Waals surface area contributed by atoms with E-state index in [2.05, 4.69) is 6.92 Å². The maximum Gasteiger partial charge on any atom is 0.266 e. The van der Waals surface area contributed by atoms with E-state index in [1.54, 1.807) is 0 Å². The second-order valence-corrected chi connectivity index (χ2v) is 12.1. The highest BCUT2D eigenvalue weighted by Gasteiger charge is 2.37. The number of allylic oxidation sites excluding steroid dienone is 1. The molecule has 0 amide bonds. The smallest absolute Gasteiger partial charge is 0.266 e. The van der Waals surface area contributed by atoms with Crippen molar-refractivity contribution in [3.63, 3.8) is 0 Å². The van der Waals surface area contributed by atoms with Gasteiger partial charge in [-0.2, -0.15) is 8.78 Å². The fourth-order valence-corrected chi connectivity index (χ4v) is 7.46. The molecule has 0 atom stereocenters. The molecular weight excluding hydrogens is 446 g/mol. The number of hydrogen-bond donors (Lipinski definition) is 0. The fourth-order valence-electron chi connectivity index (χ4n) is 7.46. The molecular formula is C30H50F2O3. The van der Waals surface area contributed by atoms with Gasteiger partial charge in [-0.3, -0.25) is 0 Å². The average Bonchev–Trinajstić information content (AvgIpc) is 2.90. The van der Waals surface area contributed by atoms with Gasteiger partial charge < -0.3 is 14.2 Å². The number of unbranched alkanes of at least 4 members (excludes halogenated alkanes) is 1. The standard InChI is InChI=1S/C30H50F2O3/c1-2-3-19-33-28-17-15-26(16-18-28)30-34-20-27(21-35-30)25-13-11-24(12-14-25)23-9-7-22(8-10-23)5-4-6-29(31)32/h6,22-28,30H,2-5,7-21H2,1H3. The molecule has 202 valence electrons. The Labute approximate surface area is 212 Å². The summed E-state index contributed by atoms with van der Waals surface area (Å²) in [4.78, 5) is 0. The molecule has 0 N–H and O–H groups in total. The number of hydrogen-bond acceptors (Lipinski definition) is 3. The molecule has 4 aliphatic rings. The summed E-state index contributed by atoms with van der Waals surface area (Å²) in [5.41, 5.74) is 0. The fraction of sp³-hybridized carbons (Fsp3) is 0.933. The van der Waals surface area contributed by atoms with Crippen LogP contribution >= 0.6 is 0 Å². The average molecular weight is 497 g/mol. The summed E-state index contributed by atoms with van der Waals surface area (Å²) in [6, 6.07) is 0.